The molecule has 0 bridgehead atoms. The van der Waals surface area contributed by atoms with E-state index >= 15 is 0 Å². The van der Waals surface area contributed by atoms with E-state index in [4.69, 9.17) is 14.2 Å². The lowest BCUT2D eigenvalue weighted by Gasteiger charge is -2.11. The molecule has 0 aliphatic carbocycles. The Morgan fingerprint density at radius 3 is 2.61 bits per heavy atom. The van der Waals surface area contributed by atoms with E-state index in [0.717, 1.165) is 0 Å². The van der Waals surface area contributed by atoms with Gasteiger partial charge < -0.3 is 14.2 Å². The van der Waals surface area contributed by atoms with E-state index in [1.165, 1.54) is 31.2 Å². The van der Waals surface area contributed by atoms with Crippen LogP contribution in [-0.4, -0.2) is 42.4 Å². The Balaban J connectivity index is 2.26. The van der Waals surface area contributed by atoms with Gasteiger partial charge in [0.15, 0.2) is 5.78 Å². The van der Waals surface area contributed by atoms with Crippen molar-refractivity contribution in [3.63, 3.8) is 0 Å². The zero-order chi connectivity index (χ0) is 16.8. The molecule has 1 aromatic heterocycles. The number of ether oxygens (including phenoxy) is 3. The quantitative estimate of drug-likeness (QED) is 0.573. The van der Waals surface area contributed by atoms with Gasteiger partial charge in [0.2, 0.25) is 0 Å². The van der Waals surface area contributed by atoms with Gasteiger partial charge in [-0.2, -0.15) is 5.10 Å². The van der Waals surface area contributed by atoms with Crippen molar-refractivity contribution in [3.05, 3.63) is 41.7 Å². The van der Waals surface area contributed by atoms with Crippen LogP contribution in [0.2, 0.25) is 0 Å². The van der Waals surface area contributed by atoms with E-state index in [1.54, 1.807) is 25.1 Å². The summed E-state index contributed by atoms with van der Waals surface area (Å²) < 4.78 is 16.6. The average molecular weight is 318 g/mol. The van der Waals surface area contributed by atoms with Crippen LogP contribution in [0.3, 0.4) is 0 Å². The third-order valence-electron chi connectivity index (χ3n) is 3.20. The molecule has 0 spiro atoms. The fourth-order valence-electron chi connectivity index (χ4n) is 2.09. The summed E-state index contributed by atoms with van der Waals surface area (Å²) in [6.07, 6.45) is 1.45. The van der Waals surface area contributed by atoms with Crippen LogP contribution in [0.4, 0.5) is 0 Å². The number of Topliss-reactive ketones (excluding diaryl/α,β-unsaturated/α-hetero) is 1. The Hall–Kier alpha value is -2.83. The first-order chi connectivity index (χ1) is 11.1. The second kappa shape index (κ2) is 7.44. The van der Waals surface area contributed by atoms with Gasteiger partial charge in [0.05, 0.1) is 26.4 Å². The molecule has 0 atom stereocenters. The normalized spacial score (nSPS) is 10.2. The van der Waals surface area contributed by atoms with Crippen molar-refractivity contribution < 1.29 is 23.8 Å². The highest BCUT2D eigenvalue weighted by atomic mass is 16.5. The summed E-state index contributed by atoms with van der Waals surface area (Å²) in [5.41, 5.74) is 0.583. The van der Waals surface area contributed by atoms with Gasteiger partial charge in [0.1, 0.15) is 23.7 Å². The third-order valence-corrected chi connectivity index (χ3v) is 3.20. The number of esters is 1. The predicted molar refractivity (Wildman–Crippen MR) is 82.1 cm³/mol. The maximum absolute atomic E-state index is 12.5. The highest BCUT2D eigenvalue weighted by Crippen LogP contribution is 2.24. The summed E-state index contributed by atoms with van der Waals surface area (Å²) in [5.74, 6) is 0.200. The van der Waals surface area contributed by atoms with Crippen LogP contribution in [0.25, 0.3) is 0 Å². The molecule has 0 unspecified atom stereocenters. The molecule has 0 aliphatic heterocycles. The number of carbonyl (C=O) groups is 2. The summed E-state index contributed by atoms with van der Waals surface area (Å²) in [4.78, 5) is 24.4. The largest absolute Gasteiger partial charge is 0.497 e. The van der Waals surface area contributed by atoms with Crippen molar-refractivity contribution in [1.82, 2.24) is 9.78 Å². The van der Waals surface area contributed by atoms with Crippen LogP contribution in [0.1, 0.15) is 27.8 Å². The number of methoxy groups -OCH3 is 2. The van der Waals surface area contributed by atoms with Crippen LogP contribution in [0.5, 0.6) is 11.5 Å². The van der Waals surface area contributed by atoms with Crippen LogP contribution in [0, 0.1) is 0 Å². The predicted octanol–water partition coefficient (Wildman–Crippen LogP) is 1.96. The molecule has 0 saturated carbocycles. The van der Waals surface area contributed by atoms with Gasteiger partial charge in [0.25, 0.3) is 0 Å². The molecule has 2 aromatic rings. The Kier molecular flexibility index (Phi) is 5.35. The molecule has 7 nitrogen and oxygen atoms in total. The Labute approximate surface area is 133 Å². The van der Waals surface area contributed by atoms with Crippen molar-refractivity contribution in [3.8, 4) is 11.5 Å². The first-order valence-electron chi connectivity index (χ1n) is 7.04. The minimum absolute atomic E-state index is 0.106. The summed E-state index contributed by atoms with van der Waals surface area (Å²) in [6.45, 7) is 1.86. The Morgan fingerprint density at radius 2 is 1.96 bits per heavy atom. The van der Waals surface area contributed by atoms with Gasteiger partial charge in [-0.25, -0.2) is 4.79 Å². The number of ketones is 1. The number of carbonyl (C=O) groups excluding carboxylic acids is 2. The minimum Gasteiger partial charge on any atom is -0.497 e. The number of aromatic nitrogens is 2. The molecule has 0 fully saturated rings. The highest BCUT2D eigenvalue weighted by molar-refractivity contribution is 5.99. The lowest BCUT2D eigenvalue weighted by atomic mass is 10.1. The van der Waals surface area contributed by atoms with Gasteiger partial charge in [-0.05, 0) is 31.2 Å². The molecule has 0 saturated heterocycles. The molecule has 2 rings (SSSR count). The fraction of sp³-hybridized carbons (Fsp3) is 0.312. The van der Waals surface area contributed by atoms with Crippen LogP contribution in [-0.2, 0) is 11.3 Å². The Bertz CT molecular complexity index is 708. The lowest BCUT2D eigenvalue weighted by Crippen LogP contribution is -2.18. The molecule has 0 aliphatic rings. The average Bonchev–Trinajstić information content (AvgIpc) is 3.02. The summed E-state index contributed by atoms with van der Waals surface area (Å²) in [6, 6.07) is 6.46. The maximum atomic E-state index is 12.5. The molecule has 1 heterocycles. The van der Waals surface area contributed by atoms with E-state index in [0.29, 0.717) is 17.1 Å². The molecule has 7 heteroatoms. The monoisotopic (exact) mass is 318 g/mol. The van der Waals surface area contributed by atoms with E-state index in [-0.39, 0.29) is 24.6 Å². The molecular weight excluding hydrogens is 300 g/mol. The number of nitrogens with zero attached hydrogens (tertiary/aromatic N) is 2. The van der Waals surface area contributed by atoms with Crippen molar-refractivity contribution in [2.45, 2.75) is 13.5 Å². The van der Waals surface area contributed by atoms with E-state index in [1.807, 2.05) is 0 Å². The van der Waals surface area contributed by atoms with Crippen LogP contribution < -0.4 is 9.47 Å². The maximum Gasteiger partial charge on any atom is 0.356 e. The molecule has 0 amide bonds. The topological polar surface area (TPSA) is 79.7 Å². The second-order valence-electron chi connectivity index (χ2n) is 4.58. The van der Waals surface area contributed by atoms with Crippen molar-refractivity contribution in [2.75, 3.05) is 20.8 Å². The molecule has 1 aromatic carbocycles. The van der Waals surface area contributed by atoms with E-state index in [2.05, 4.69) is 5.10 Å². The first-order valence-corrected chi connectivity index (χ1v) is 7.04. The lowest BCUT2D eigenvalue weighted by molar-refractivity contribution is 0.0512. The van der Waals surface area contributed by atoms with Crippen molar-refractivity contribution >= 4 is 11.8 Å². The number of rotatable bonds is 7. The zero-order valence-electron chi connectivity index (χ0n) is 13.2. The SMILES string of the molecule is CCOC(=O)c1ccnn1CC(=O)c1cc(OC)ccc1OC. The van der Waals surface area contributed by atoms with Crippen LogP contribution in [0.15, 0.2) is 30.5 Å². The molecule has 122 valence electrons. The fourth-order valence-corrected chi connectivity index (χ4v) is 2.09. The van der Waals surface area contributed by atoms with E-state index < -0.39 is 5.97 Å². The summed E-state index contributed by atoms with van der Waals surface area (Å²) in [5, 5.41) is 4.01. The van der Waals surface area contributed by atoms with Gasteiger partial charge in [0, 0.05) is 6.20 Å². The minimum atomic E-state index is -0.518. The van der Waals surface area contributed by atoms with Crippen molar-refractivity contribution in [1.29, 1.82) is 0 Å². The zero-order valence-corrected chi connectivity index (χ0v) is 13.2. The second-order valence-corrected chi connectivity index (χ2v) is 4.58. The summed E-state index contributed by atoms with van der Waals surface area (Å²) >= 11 is 0. The number of benzene rings is 1. The number of hydrogen-bond donors (Lipinski definition) is 0. The first kappa shape index (κ1) is 16.5. The molecular formula is C16H18N2O5. The third kappa shape index (κ3) is 3.68. The Morgan fingerprint density at radius 1 is 1.17 bits per heavy atom. The molecule has 23 heavy (non-hydrogen) atoms. The summed E-state index contributed by atoms with van der Waals surface area (Å²) in [7, 11) is 3.00. The standard InChI is InChI=1S/C16H18N2O5/c1-4-23-16(20)13-7-8-17-18(13)10-14(19)12-9-11(21-2)5-6-15(12)22-3/h5-9H,4,10H2,1-3H3. The molecule has 0 N–H and O–H groups in total. The van der Waals surface area contributed by atoms with E-state index in [9.17, 15) is 9.59 Å². The smallest absolute Gasteiger partial charge is 0.356 e. The van der Waals surface area contributed by atoms with Gasteiger partial charge in [-0.1, -0.05) is 0 Å². The highest BCUT2D eigenvalue weighted by Gasteiger charge is 2.19. The number of hydrogen-bond acceptors (Lipinski definition) is 6. The molecule has 0 radical (unpaired) electrons. The van der Waals surface area contributed by atoms with Crippen molar-refractivity contribution in [2.24, 2.45) is 0 Å². The van der Waals surface area contributed by atoms with Gasteiger partial charge >= 0.3 is 5.97 Å². The van der Waals surface area contributed by atoms with Gasteiger partial charge in [-0.15, -0.1) is 0 Å². The van der Waals surface area contributed by atoms with Gasteiger partial charge in [-0.3, -0.25) is 9.48 Å². The van der Waals surface area contributed by atoms with Crippen LogP contribution >= 0.6 is 0 Å².